The lowest BCUT2D eigenvalue weighted by Gasteiger charge is -2.06. The number of halogens is 2. The van der Waals surface area contributed by atoms with E-state index in [1.54, 1.807) is 30.7 Å². The Hall–Kier alpha value is -1.91. The quantitative estimate of drug-likeness (QED) is 0.796. The lowest BCUT2D eigenvalue weighted by Crippen LogP contribution is -2.02. The number of hydrogen-bond acceptors (Lipinski definition) is 4. The molecule has 0 aliphatic carbocycles. The van der Waals surface area contributed by atoms with E-state index in [1.807, 2.05) is 12.1 Å². The molecule has 0 aliphatic rings. The summed E-state index contributed by atoms with van der Waals surface area (Å²) in [5.41, 5.74) is 2.49. The second-order valence-corrected chi connectivity index (χ2v) is 5.04. The number of fused-ring (bicyclic) bond motifs is 1. The van der Waals surface area contributed by atoms with Gasteiger partial charge in [-0.1, -0.05) is 29.3 Å². The van der Waals surface area contributed by atoms with Crippen LogP contribution in [0.4, 0.5) is 5.82 Å². The average molecular weight is 305 g/mol. The zero-order valence-corrected chi connectivity index (χ0v) is 11.9. The van der Waals surface area contributed by atoms with Crippen molar-refractivity contribution in [3.8, 4) is 0 Å². The minimum absolute atomic E-state index is 0.470. The van der Waals surface area contributed by atoms with E-state index >= 15 is 0 Å². The van der Waals surface area contributed by atoms with Crippen molar-refractivity contribution < 1.29 is 0 Å². The normalized spacial score (nSPS) is 10.7. The van der Waals surface area contributed by atoms with E-state index in [0.29, 0.717) is 33.4 Å². The third kappa shape index (κ3) is 2.81. The van der Waals surface area contributed by atoms with Crippen LogP contribution < -0.4 is 5.32 Å². The maximum atomic E-state index is 5.98. The van der Waals surface area contributed by atoms with Crippen molar-refractivity contribution in [1.29, 1.82) is 0 Å². The van der Waals surface area contributed by atoms with Crippen molar-refractivity contribution in [2.75, 3.05) is 5.32 Å². The highest BCUT2D eigenvalue weighted by atomic mass is 35.5. The van der Waals surface area contributed by atoms with E-state index in [2.05, 4.69) is 20.3 Å². The molecule has 6 heteroatoms. The van der Waals surface area contributed by atoms with E-state index in [0.717, 1.165) is 5.56 Å². The van der Waals surface area contributed by atoms with Crippen LogP contribution in [-0.4, -0.2) is 15.0 Å². The van der Waals surface area contributed by atoms with Gasteiger partial charge in [0, 0.05) is 18.9 Å². The van der Waals surface area contributed by atoms with Crippen LogP contribution in [0.2, 0.25) is 10.0 Å². The van der Waals surface area contributed by atoms with Crippen LogP contribution in [0.5, 0.6) is 0 Å². The van der Waals surface area contributed by atoms with Crippen molar-refractivity contribution in [2.24, 2.45) is 0 Å². The number of nitrogens with zero attached hydrogens (tertiary/aromatic N) is 3. The lowest BCUT2D eigenvalue weighted by molar-refractivity contribution is 1.08. The van der Waals surface area contributed by atoms with Gasteiger partial charge < -0.3 is 5.32 Å². The molecule has 20 heavy (non-hydrogen) atoms. The van der Waals surface area contributed by atoms with E-state index in [1.165, 1.54) is 0 Å². The number of pyridine rings is 1. The first kappa shape index (κ1) is 13.1. The van der Waals surface area contributed by atoms with Gasteiger partial charge in [0.2, 0.25) is 0 Å². The summed E-state index contributed by atoms with van der Waals surface area (Å²) in [6.45, 7) is 0.634. The van der Waals surface area contributed by atoms with Gasteiger partial charge in [-0.3, -0.25) is 9.97 Å². The van der Waals surface area contributed by atoms with Crippen molar-refractivity contribution in [2.45, 2.75) is 6.54 Å². The van der Waals surface area contributed by atoms with Gasteiger partial charge in [0.1, 0.15) is 5.82 Å². The first-order valence-electron chi connectivity index (χ1n) is 5.97. The molecule has 3 rings (SSSR count). The molecule has 0 unspecified atom stereocenters. The van der Waals surface area contributed by atoms with Gasteiger partial charge in [-0.2, -0.15) is 0 Å². The molecule has 3 aromatic rings. The van der Waals surface area contributed by atoms with E-state index in [9.17, 15) is 0 Å². The molecular weight excluding hydrogens is 295 g/mol. The summed E-state index contributed by atoms with van der Waals surface area (Å²) in [4.78, 5) is 12.8. The van der Waals surface area contributed by atoms with Crippen LogP contribution in [0.1, 0.15) is 5.56 Å². The second kappa shape index (κ2) is 5.61. The number of aromatic nitrogens is 3. The number of anilines is 1. The predicted molar refractivity (Wildman–Crippen MR) is 81.1 cm³/mol. The molecule has 0 amide bonds. The molecule has 2 heterocycles. The van der Waals surface area contributed by atoms with Gasteiger partial charge in [0.05, 0.1) is 27.3 Å². The minimum Gasteiger partial charge on any atom is -0.365 e. The largest absolute Gasteiger partial charge is 0.365 e. The van der Waals surface area contributed by atoms with Crippen molar-refractivity contribution in [1.82, 2.24) is 15.0 Å². The van der Waals surface area contributed by atoms with Crippen LogP contribution >= 0.6 is 23.2 Å². The highest BCUT2D eigenvalue weighted by Crippen LogP contribution is 2.26. The van der Waals surface area contributed by atoms with Crippen LogP contribution in [-0.2, 0) is 6.54 Å². The zero-order valence-electron chi connectivity index (χ0n) is 10.3. The monoisotopic (exact) mass is 304 g/mol. The summed E-state index contributed by atoms with van der Waals surface area (Å²) >= 11 is 11.9. The molecule has 100 valence electrons. The van der Waals surface area contributed by atoms with E-state index < -0.39 is 0 Å². The molecule has 0 spiro atoms. The maximum absolute atomic E-state index is 5.98. The zero-order chi connectivity index (χ0) is 13.9. The summed E-state index contributed by atoms with van der Waals surface area (Å²) < 4.78 is 0. The molecule has 0 saturated heterocycles. The van der Waals surface area contributed by atoms with Crippen molar-refractivity contribution in [3.63, 3.8) is 0 Å². The Labute approximate surface area is 125 Å². The molecule has 2 aromatic heterocycles. The summed E-state index contributed by atoms with van der Waals surface area (Å²) in [7, 11) is 0. The average Bonchev–Trinajstić information content (AvgIpc) is 2.47. The highest BCUT2D eigenvalue weighted by molar-refractivity contribution is 6.42. The van der Waals surface area contributed by atoms with Crippen LogP contribution in [0.3, 0.4) is 0 Å². The minimum atomic E-state index is 0.470. The Bertz CT molecular complexity index is 747. The molecule has 0 fully saturated rings. The number of hydrogen-bond donors (Lipinski definition) is 1. The Morgan fingerprint density at radius 2 is 1.85 bits per heavy atom. The van der Waals surface area contributed by atoms with Gasteiger partial charge >= 0.3 is 0 Å². The third-order valence-electron chi connectivity index (χ3n) is 2.78. The van der Waals surface area contributed by atoms with Crippen molar-refractivity contribution >= 4 is 40.1 Å². The predicted octanol–water partition coefficient (Wildman–Crippen LogP) is 3.94. The smallest absolute Gasteiger partial charge is 0.145 e. The first-order chi connectivity index (χ1) is 9.72. The molecule has 0 atom stereocenters. The second-order valence-electron chi connectivity index (χ2n) is 4.23. The SMILES string of the molecule is Clc1cc2ncc(NCc3cccnc3)nc2cc1Cl. The summed E-state index contributed by atoms with van der Waals surface area (Å²) in [5.74, 6) is 0.680. The summed E-state index contributed by atoms with van der Waals surface area (Å²) in [6, 6.07) is 7.30. The van der Waals surface area contributed by atoms with Crippen LogP contribution in [0.25, 0.3) is 11.0 Å². The van der Waals surface area contributed by atoms with Gasteiger partial charge in [0.25, 0.3) is 0 Å². The van der Waals surface area contributed by atoms with Crippen LogP contribution in [0, 0.1) is 0 Å². The summed E-state index contributed by atoms with van der Waals surface area (Å²) in [5, 5.41) is 4.14. The Balaban J connectivity index is 1.84. The fourth-order valence-corrected chi connectivity index (χ4v) is 2.10. The number of benzene rings is 1. The maximum Gasteiger partial charge on any atom is 0.145 e. The van der Waals surface area contributed by atoms with Gasteiger partial charge in [-0.25, -0.2) is 4.98 Å². The van der Waals surface area contributed by atoms with E-state index in [-0.39, 0.29) is 0 Å². The standard InChI is InChI=1S/C14H10Cl2N4/c15-10-4-12-13(5-11(10)16)20-14(8-18-12)19-7-9-2-1-3-17-6-9/h1-6,8H,7H2,(H,19,20). The Morgan fingerprint density at radius 1 is 1.05 bits per heavy atom. The fourth-order valence-electron chi connectivity index (χ4n) is 1.79. The molecular formula is C14H10Cl2N4. The number of nitrogens with one attached hydrogen (secondary N) is 1. The van der Waals surface area contributed by atoms with Crippen LogP contribution in [0.15, 0.2) is 42.9 Å². The molecule has 1 aromatic carbocycles. The topological polar surface area (TPSA) is 50.7 Å². The van der Waals surface area contributed by atoms with Crippen molar-refractivity contribution in [3.05, 3.63) is 58.5 Å². The number of rotatable bonds is 3. The van der Waals surface area contributed by atoms with Gasteiger partial charge in [0.15, 0.2) is 0 Å². The fraction of sp³-hybridized carbons (Fsp3) is 0.0714. The molecule has 0 radical (unpaired) electrons. The highest BCUT2D eigenvalue weighted by Gasteiger charge is 2.04. The molecule has 0 saturated carbocycles. The molecule has 4 nitrogen and oxygen atoms in total. The van der Waals surface area contributed by atoms with E-state index in [4.69, 9.17) is 23.2 Å². The Morgan fingerprint density at radius 3 is 2.60 bits per heavy atom. The van der Waals surface area contributed by atoms with Gasteiger partial charge in [-0.15, -0.1) is 0 Å². The molecule has 0 aliphatic heterocycles. The Kier molecular flexibility index (Phi) is 3.67. The third-order valence-corrected chi connectivity index (χ3v) is 3.50. The summed E-state index contributed by atoms with van der Waals surface area (Å²) in [6.07, 6.45) is 5.21. The first-order valence-corrected chi connectivity index (χ1v) is 6.72. The lowest BCUT2D eigenvalue weighted by atomic mass is 10.3. The molecule has 1 N–H and O–H groups in total. The molecule has 0 bridgehead atoms. The van der Waals surface area contributed by atoms with Gasteiger partial charge in [-0.05, 0) is 23.8 Å².